The van der Waals surface area contributed by atoms with Gasteiger partial charge >= 0.3 is 0 Å². The van der Waals surface area contributed by atoms with Crippen molar-refractivity contribution in [1.29, 1.82) is 5.26 Å². The van der Waals surface area contributed by atoms with Crippen molar-refractivity contribution < 1.29 is 0 Å². The molecule has 0 aromatic carbocycles. The molecule has 17 heavy (non-hydrogen) atoms. The van der Waals surface area contributed by atoms with Crippen LogP contribution in [-0.2, 0) is 0 Å². The van der Waals surface area contributed by atoms with E-state index < -0.39 is 0 Å². The lowest BCUT2D eigenvalue weighted by Gasteiger charge is -2.34. The van der Waals surface area contributed by atoms with Gasteiger partial charge in [0.2, 0.25) is 0 Å². The highest BCUT2D eigenvalue weighted by Crippen LogP contribution is 2.28. The Morgan fingerprint density at radius 1 is 1.35 bits per heavy atom. The maximum Gasteiger partial charge on any atom is 0.129 e. The van der Waals surface area contributed by atoms with E-state index >= 15 is 0 Å². The van der Waals surface area contributed by atoms with Crippen molar-refractivity contribution in [2.24, 2.45) is 5.92 Å². The van der Waals surface area contributed by atoms with Gasteiger partial charge < -0.3 is 4.90 Å². The monoisotopic (exact) mass is 229 g/mol. The average Bonchev–Trinajstić information content (AvgIpc) is 2.39. The van der Waals surface area contributed by atoms with Crippen molar-refractivity contribution in [2.45, 2.75) is 38.6 Å². The van der Waals surface area contributed by atoms with E-state index in [1.54, 1.807) is 12.3 Å². The first-order chi connectivity index (χ1) is 8.20. The van der Waals surface area contributed by atoms with Gasteiger partial charge in [-0.1, -0.05) is 6.92 Å². The van der Waals surface area contributed by atoms with Gasteiger partial charge in [-0.2, -0.15) is 5.26 Å². The Hall–Kier alpha value is -1.56. The predicted octanol–water partition coefficient (Wildman–Crippen LogP) is 2.97. The number of rotatable bonds is 2. The maximum atomic E-state index is 8.89. The molecule has 0 N–H and O–H groups in total. The van der Waals surface area contributed by atoms with Crippen LogP contribution >= 0.6 is 0 Å². The molecule has 1 aliphatic rings. The zero-order valence-corrected chi connectivity index (χ0v) is 10.6. The van der Waals surface area contributed by atoms with Crippen LogP contribution < -0.4 is 4.90 Å². The van der Waals surface area contributed by atoms with Crippen LogP contribution in [0.2, 0.25) is 0 Å². The molecular weight excluding hydrogens is 210 g/mol. The Labute approximate surface area is 103 Å². The standard InChI is InChI=1S/C14H19N3/c1-11-3-5-13(6-4-11)17(2)14-9-12(10-15)7-8-16-14/h7-9,11,13H,3-6H2,1-2H3. The number of aromatic nitrogens is 1. The molecular formula is C14H19N3. The van der Waals surface area contributed by atoms with Crippen LogP contribution in [0.15, 0.2) is 18.3 Å². The third-order valence-corrected chi connectivity index (χ3v) is 3.77. The van der Waals surface area contributed by atoms with E-state index in [9.17, 15) is 0 Å². The summed E-state index contributed by atoms with van der Waals surface area (Å²) in [6.45, 7) is 2.32. The third kappa shape index (κ3) is 2.76. The molecule has 0 aliphatic heterocycles. The zero-order valence-electron chi connectivity index (χ0n) is 10.6. The summed E-state index contributed by atoms with van der Waals surface area (Å²) in [6.07, 6.45) is 6.78. The maximum absolute atomic E-state index is 8.89. The molecule has 2 rings (SSSR count). The first-order valence-electron chi connectivity index (χ1n) is 6.29. The van der Waals surface area contributed by atoms with Gasteiger partial charge in [-0.15, -0.1) is 0 Å². The quantitative estimate of drug-likeness (QED) is 0.782. The van der Waals surface area contributed by atoms with E-state index in [1.165, 1.54) is 25.7 Å². The molecule has 0 saturated heterocycles. The van der Waals surface area contributed by atoms with Gasteiger partial charge in [0.15, 0.2) is 0 Å². The smallest absolute Gasteiger partial charge is 0.129 e. The van der Waals surface area contributed by atoms with Crippen LogP contribution in [-0.4, -0.2) is 18.1 Å². The van der Waals surface area contributed by atoms with E-state index in [0.717, 1.165) is 11.7 Å². The molecule has 1 fully saturated rings. The number of pyridine rings is 1. The van der Waals surface area contributed by atoms with Crippen molar-refractivity contribution in [1.82, 2.24) is 4.98 Å². The van der Waals surface area contributed by atoms with E-state index in [4.69, 9.17) is 5.26 Å². The lowest BCUT2D eigenvalue weighted by Crippen LogP contribution is -2.35. The number of hydrogen-bond acceptors (Lipinski definition) is 3. The van der Waals surface area contributed by atoms with Crippen LogP contribution in [0, 0.1) is 17.2 Å². The van der Waals surface area contributed by atoms with Crippen LogP contribution in [0.5, 0.6) is 0 Å². The lowest BCUT2D eigenvalue weighted by atomic mass is 9.87. The molecule has 1 aromatic heterocycles. The summed E-state index contributed by atoms with van der Waals surface area (Å²) in [6, 6.07) is 6.37. The van der Waals surface area contributed by atoms with Gasteiger partial charge in [0.1, 0.15) is 5.82 Å². The van der Waals surface area contributed by atoms with Crippen LogP contribution in [0.25, 0.3) is 0 Å². The molecule has 0 spiro atoms. The van der Waals surface area contributed by atoms with Crippen molar-refractivity contribution in [3.8, 4) is 6.07 Å². The zero-order chi connectivity index (χ0) is 12.3. The first-order valence-corrected chi connectivity index (χ1v) is 6.29. The highest BCUT2D eigenvalue weighted by atomic mass is 15.2. The fraction of sp³-hybridized carbons (Fsp3) is 0.571. The normalized spacial score (nSPS) is 24.1. The summed E-state index contributed by atoms with van der Waals surface area (Å²) in [4.78, 5) is 6.59. The Morgan fingerprint density at radius 2 is 2.06 bits per heavy atom. The van der Waals surface area contributed by atoms with E-state index in [0.29, 0.717) is 11.6 Å². The number of anilines is 1. The fourth-order valence-electron chi connectivity index (χ4n) is 2.50. The van der Waals surface area contributed by atoms with Crippen molar-refractivity contribution >= 4 is 5.82 Å². The summed E-state index contributed by atoms with van der Waals surface area (Å²) >= 11 is 0. The predicted molar refractivity (Wildman–Crippen MR) is 68.8 cm³/mol. The van der Waals surface area contributed by atoms with Gasteiger partial charge in [0, 0.05) is 19.3 Å². The Balaban J connectivity index is 2.08. The molecule has 1 heterocycles. The Morgan fingerprint density at radius 3 is 2.71 bits per heavy atom. The van der Waals surface area contributed by atoms with Crippen molar-refractivity contribution in [2.75, 3.05) is 11.9 Å². The van der Waals surface area contributed by atoms with Crippen LogP contribution in [0.4, 0.5) is 5.82 Å². The number of nitrogens with zero attached hydrogens (tertiary/aromatic N) is 3. The molecule has 0 radical (unpaired) electrons. The number of nitriles is 1. The largest absolute Gasteiger partial charge is 0.357 e. The topological polar surface area (TPSA) is 39.9 Å². The Kier molecular flexibility index (Phi) is 3.63. The van der Waals surface area contributed by atoms with Gasteiger partial charge in [-0.25, -0.2) is 4.98 Å². The van der Waals surface area contributed by atoms with E-state index in [-0.39, 0.29) is 0 Å². The molecule has 3 nitrogen and oxygen atoms in total. The van der Waals surface area contributed by atoms with Crippen LogP contribution in [0.1, 0.15) is 38.2 Å². The molecule has 0 unspecified atom stereocenters. The molecule has 1 saturated carbocycles. The minimum atomic E-state index is 0.577. The van der Waals surface area contributed by atoms with Crippen molar-refractivity contribution in [3.05, 3.63) is 23.9 Å². The molecule has 0 amide bonds. The van der Waals surface area contributed by atoms with Gasteiger partial charge in [-0.3, -0.25) is 0 Å². The number of hydrogen-bond donors (Lipinski definition) is 0. The molecule has 90 valence electrons. The van der Waals surface area contributed by atoms with E-state index in [1.807, 2.05) is 6.07 Å². The fourth-order valence-corrected chi connectivity index (χ4v) is 2.50. The summed E-state index contributed by atoms with van der Waals surface area (Å²) < 4.78 is 0. The second kappa shape index (κ2) is 5.18. The van der Waals surface area contributed by atoms with Gasteiger partial charge in [0.25, 0.3) is 0 Å². The first kappa shape index (κ1) is 11.9. The summed E-state index contributed by atoms with van der Waals surface area (Å²) in [5.74, 6) is 1.78. The van der Waals surface area contributed by atoms with Crippen molar-refractivity contribution in [3.63, 3.8) is 0 Å². The second-order valence-electron chi connectivity index (χ2n) is 5.04. The van der Waals surface area contributed by atoms with Gasteiger partial charge in [-0.05, 0) is 43.7 Å². The third-order valence-electron chi connectivity index (χ3n) is 3.77. The molecule has 0 bridgehead atoms. The highest BCUT2D eigenvalue weighted by Gasteiger charge is 2.22. The lowest BCUT2D eigenvalue weighted by molar-refractivity contribution is 0.340. The summed E-state index contributed by atoms with van der Waals surface area (Å²) in [5.41, 5.74) is 0.686. The summed E-state index contributed by atoms with van der Waals surface area (Å²) in [5, 5.41) is 8.89. The second-order valence-corrected chi connectivity index (χ2v) is 5.04. The summed E-state index contributed by atoms with van der Waals surface area (Å²) in [7, 11) is 2.09. The Bertz CT molecular complexity index is 414. The molecule has 1 aromatic rings. The SMILES string of the molecule is CC1CCC(N(C)c2cc(C#N)ccn2)CC1. The average molecular weight is 229 g/mol. The molecule has 3 heteroatoms. The minimum Gasteiger partial charge on any atom is -0.357 e. The van der Waals surface area contributed by atoms with Gasteiger partial charge in [0.05, 0.1) is 11.6 Å². The molecule has 1 aliphatic carbocycles. The van der Waals surface area contributed by atoms with Crippen LogP contribution in [0.3, 0.4) is 0 Å². The molecule has 0 atom stereocenters. The highest BCUT2D eigenvalue weighted by molar-refractivity contribution is 5.45. The minimum absolute atomic E-state index is 0.577. The van der Waals surface area contributed by atoms with E-state index in [2.05, 4.69) is 29.9 Å².